The number of hydrogen-bond donors (Lipinski definition) is 2. The van der Waals surface area contributed by atoms with E-state index in [0.29, 0.717) is 29.4 Å². The molecule has 3 aromatic carbocycles. The first-order valence-corrected chi connectivity index (χ1v) is 12.1. The molecule has 2 heterocycles. The summed E-state index contributed by atoms with van der Waals surface area (Å²) in [4.78, 5) is 15.4. The number of nitrogens with zero attached hydrogens (tertiary/aromatic N) is 1. The summed E-state index contributed by atoms with van der Waals surface area (Å²) in [6, 6.07) is 19.1. The minimum Gasteiger partial charge on any atom is -0.497 e. The smallest absolute Gasteiger partial charge is 0.328 e. The van der Waals surface area contributed by atoms with E-state index in [4.69, 9.17) is 9.47 Å². The number of methoxy groups -OCH3 is 1. The second-order valence-corrected chi connectivity index (χ2v) is 9.81. The molecular formula is C25H22N2O6S. The average Bonchev–Trinajstić information content (AvgIpc) is 3.23. The highest BCUT2D eigenvalue weighted by Gasteiger charge is 2.42. The number of benzene rings is 3. The molecule has 0 fully saturated rings. The highest BCUT2D eigenvalue weighted by Crippen LogP contribution is 2.38. The van der Waals surface area contributed by atoms with Crippen molar-refractivity contribution in [3.05, 3.63) is 84.1 Å². The molecule has 0 radical (unpaired) electrons. The van der Waals surface area contributed by atoms with Crippen molar-refractivity contribution < 1.29 is 27.8 Å². The minimum absolute atomic E-state index is 0.000363. The number of aliphatic carboxylic acids is 1. The van der Waals surface area contributed by atoms with E-state index in [-0.39, 0.29) is 11.4 Å². The van der Waals surface area contributed by atoms with Crippen LogP contribution in [0.1, 0.15) is 17.3 Å². The van der Waals surface area contributed by atoms with Gasteiger partial charge in [-0.2, -0.15) is 4.31 Å². The molecule has 1 aliphatic heterocycles. The van der Waals surface area contributed by atoms with Gasteiger partial charge in [-0.05, 0) is 66.6 Å². The number of aromatic amines is 1. The predicted octanol–water partition coefficient (Wildman–Crippen LogP) is 4.34. The molecule has 0 bridgehead atoms. The third-order valence-electron chi connectivity index (χ3n) is 5.95. The van der Waals surface area contributed by atoms with E-state index in [1.165, 1.54) is 12.1 Å². The van der Waals surface area contributed by atoms with Gasteiger partial charge in [0, 0.05) is 23.1 Å². The fourth-order valence-electron chi connectivity index (χ4n) is 4.32. The molecule has 0 saturated heterocycles. The summed E-state index contributed by atoms with van der Waals surface area (Å²) in [6.07, 6.45) is 0.418. The third-order valence-corrected chi connectivity index (χ3v) is 7.83. The number of fused-ring (bicyclic) bond motifs is 3. The van der Waals surface area contributed by atoms with Crippen LogP contribution in [0.15, 0.2) is 77.7 Å². The van der Waals surface area contributed by atoms with Gasteiger partial charge in [0.1, 0.15) is 17.2 Å². The molecule has 2 N–H and O–H groups in total. The van der Waals surface area contributed by atoms with E-state index in [9.17, 15) is 18.3 Å². The Balaban J connectivity index is 1.43. The summed E-state index contributed by atoms with van der Waals surface area (Å²) >= 11 is 0. The quantitative estimate of drug-likeness (QED) is 0.427. The van der Waals surface area contributed by atoms with Gasteiger partial charge in [-0.25, -0.2) is 8.42 Å². The molecule has 0 amide bonds. The lowest BCUT2D eigenvalue weighted by Gasteiger charge is -2.32. The molecule has 4 aromatic rings. The maximum Gasteiger partial charge on any atom is 0.328 e. The molecule has 0 aliphatic carbocycles. The van der Waals surface area contributed by atoms with E-state index < -0.39 is 22.0 Å². The second kappa shape index (κ2) is 8.51. The molecule has 34 heavy (non-hydrogen) atoms. The van der Waals surface area contributed by atoms with Crippen LogP contribution >= 0.6 is 0 Å². The van der Waals surface area contributed by atoms with Crippen LogP contribution in [-0.2, 0) is 21.2 Å². The van der Waals surface area contributed by atoms with E-state index in [1.807, 2.05) is 24.3 Å². The summed E-state index contributed by atoms with van der Waals surface area (Å²) in [5.74, 6) is 0.497. The molecule has 8 nitrogen and oxygen atoms in total. The zero-order chi connectivity index (χ0) is 23.9. The topological polar surface area (TPSA) is 109 Å². The van der Waals surface area contributed by atoms with Crippen LogP contribution in [-0.4, -0.2) is 42.4 Å². The number of para-hydroxylation sites is 1. The van der Waals surface area contributed by atoms with Crippen LogP contribution < -0.4 is 9.47 Å². The van der Waals surface area contributed by atoms with Crippen LogP contribution in [0.2, 0.25) is 0 Å². The van der Waals surface area contributed by atoms with Gasteiger partial charge in [0.15, 0.2) is 6.04 Å². The lowest BCUT2D eigenvalue weighted by molar-refractivity contribution is -0.142. The van der Waals surface area contributed by atoms with Crippen molar-refractivity contribution in [2.24, 2.45) is 0 Å². The fourth-order valence-corrected chi connectivity index (χ4v) is 5.87. The molecule has 0 spiro atoms. The van der Waals surface area contributed by atoms with Crippen molar-refractivity contribution in [2.75, 3.05) is 13.7 Å². The zero-order valence-corrected chi connectivity index (χ0v) is 19.1. The Kier molecular flexibility index (Phi) is 5.51. The van der Waals surface area contributed by atoms with Crippen molar-refractivity contribution in [1.82, 2.24) is 9.29 Å². The SMILES string of the molecule is COc1ccc(Oc2ccc(S(=O)(=O)N3CCc4c([nH]c5ccccc45)C3C(=O)O)cc2)cc1. The molecular weight excluding hydrogens is 456 g/mol. The van der Waals surface area contributed by atoms with Crippen molar-refractivity contribution in [1.29, 1.82) is 0 Å². The Labute approximate surface area is 196 Å². The van der Waals surface area contributed by atoms with Gasteiger partial charge in [0.25, 0.3) is 0 Å². The molecule has 174 valence electrons. The van der Waals surface area contributed by atoms with Gasteiger partial charge < -0.3 is 19.6 Å². The third kappa shape index (κ3) is 3.78. The normalized spacial score (nSPS) is 16.2. The first kappa shape index (κ1) is 22.0. The second-order valence-electron chi connectivity index (χ2n) is 7.92. The van der Waals surface area contributed by atoms with Crippen LogP contribution in [0.3, 0.4) is 0 Å². The molecule has 1 aromatic heterocycles. The van der Waals surface area contributed by atoms with Gasteiger partial charge in [0.05, 0.1) is 12.0 Å². The largest absolute Gasteiger partial charge is 0.497 e. The van der Waals surface area contributed by atoms with E-state index in [1.54, 1.807) is 43.5 Å². The average molecular weight is 479 g/mol. The maximum absolute atomic E-state index is 13.5. The number of carboxylic acid groups (broad SMARTS) is 1. The molecule has 1 aliphatic rings. The Bertz CT molecular complexity index is 1460. The number of aromatic nitrogens is 1. The number of nitrogens with one attached hydrogen (secondary N) is 1. The molecule has 9 heteroatoms. The molecule has 0 saturated carbocycles. The maximum atomic E-state index is 13.5. The molecule has 1 atom stereocenters. The summed E-state index contributed by atoms with van der Waals surface area (Å²) in [6.45, 7) is 0.0677. The van der Waals surface area contributed by atoms with Crippen LogP contribution in [0, 0.1) is 0 Å². The van der Waals surface area contributed by atoms with Crippen molar-refractivity contribution in [3.8, 4) is 17.2 Å². The number of H-pyrrole nitrogens is 1. The Hall–Kier alpha value is -3.82. The fraction of sp³-hybridized carbons (Fsp3) is 0.160. The summed E-state index contributed by atoms with van der Waals surface area (Å²) in [5.41, 5.74) is 2.04. The zero-order valence-electron chi connectivity index (χ0n) is 18.3. The van der Waals surface area contributed by atoms with Gasteiger partial charge in [0.2, 0.25) is 10.0 Å². The monoisotopic (exact) mass is 478 g/mol. The lowest BCUT2D eigenvalue weighted by Crippen LogP contribution is -2.43. The first-order valence-electron chi connectivity index (χ1n) is 10.6. The molecule has 1 unspecified atom stereocenters. The lowest BCUT2D eigenvalue weighted by atomic mass is 9.99. The van der Waals surface area contributed by atoms with Crippen molar-refractivity contribution in [2.45, 2.75) is 17.4 Å². The highest BCUT2D eigenvalue weighted by molar-refractivity contribution is 7.89. The number of ether oxygens (including phenoxy) is 2. The van der Waals surface area contributed by atoms with Crippen LogP contribution in [0.25, 0.3) is 10.9 Å². The highest BCUT2D eigenvalue weighted by atomic mass is 32.2. The predicted molar refractivity (Wildman–Crippen MR) is 126 cm³/mol. The Morgan fingerprint density at radius 3 is 2.24 bits per heavy atom. The number of hydrogen-bond acceptors (Lipinski definition) is 5. The van der Waals surface area contributed by atoms with Crippen molar-refractivity contribution >= 4 is 26.9 Å². The number of carbonyl (C=O) groups is 1. The number of rotatable bonds is 6. The standard InChI is InChI=1S/C25H22N2O6S/c1-32-16-6-8-17(9-7-16)33-18-10-12-19(13-11-18)34(30,31)27-15-14-21-20-4-2-3-5-22(20)26-23(21)24(27)25(28)29/h2-13,24,26H,14-15H2,1H3,(H,28,29). The summed E-state index contributed by atoms with van der Waals surface area (Å²) < 4.78 is 38.9. The van der Waals surface area contributed by atoms with Crippen molar-refractivity contribution in [3.63, 3.8) is 0 Å². The van der Waals surface area contributed by atoms with Crippen LogP contribution in [0.5, 0.6) is 17.2 Å². The van der Waals surface area contributed by atoms with E-state index in [0.717, 1.165) is 20.8 Å². The first-order chi connectivity index (χ1) is 16.4. The molecule has 5 rings (SSSR count). The van der Waals surface area contributed by atoms with Gasteiger partial charge in [-0.3, -0.25) is 4.79 Å². The van der Waals surface area contributed by atoms with E-state index >= 15 is 0 Å². The summed E-state index contributed by atoms with van der Waals surface area (Å²) in [5, 5.41) is 10.9. The number of carboxylic acids is 1. The van der Waals surface area contributed by atoms with E-state index in [2.05, 4.69) is 4.98 Å². The Morgan fingerprint density at radius 1 is 0.971 bits per heavy atom. The van der Waals surface area contributed by atoms with Gasteiger partial charge in [-0.15, -0.1) is 0 Å². The van der Waals surface area contributed by atoms with Crippen LogP contribution in [0.4, 0.5) is 0 Å². The van der Waals surface area contributed by atoms with Gasteiger partial charge >= 0.3 is 5.97 Å². The Morgan fingerprint density at radius 2 is 1.59 bits per heavy atom. The summed E-state index contributed by atoms with van der Waals surface area (Å²) in [7, 11) is -2.50. The number of sulfonamides is 1. The van der Waals surface area contributed by atoms with Gasteiger partial charge in [-0.1, -0.05) is 18.2 Å². The minimum atomic E-state index is -4.07.